The third kappa shape index (κ3) is 4.78. The van der Waals surface area contributed by atoms with Gasteiger partial charge in [0.05, 0.1) is 13.2 Å². The second-order valence-electron chi connectivity index (χ2n) is 3.35. The van der Waals surface area contributed by atoms with E-state index in [1.165, 1.54) is 6.92 Å². The molecule has 0 aromatic heterocycles. The van der Waals surface area contributed by atoms with Gasteiger partial charge in [-0.3, -0.25) is 9.59 Å². The molecule has 0 spiro atoms. The molecule has 1 atom stereocenters. The van der Waals surface area contributed by atoms with Gasteiger partial charge in [0, 0.05) is 20.0 Å². The van der Waals surface area contributed by atoms with Crippen molar-refractivity contribution in [1.82, 2.24) is 4.90 Å². The van der Waals surface area contributed by atoms with E-state index < -0.39 is 12.0 Å². The molecular formula is C9H17ClN2O4. The Morgan fingerprint density at radius 1 is 1.44 bits per heavy atom. The van der Waals surface area contributed by atoms with Gasteiger partial charge in [-0.05, 0) is 0 Å². The number of morpholine rings is 1. The molecule has 2 N–H and O–H groups in total. The minimum Gasteiger partial charge on any atom is -0.464 e. The first-order valence-electron chi connectivity index (χ1n) is 4.86. The number of carbonyl (C=O) groups excluding carboxylic acids is 2. The number of carbonyl (C=O) groups is 2. The van der Waals surface area contributed by atoms with Crippen molar-refractivity contribution in [2.45, 2.75) is 13.0 Å². The number of rotatable bonds is 3. The van der Waals surface area contributed by atoms with E-state index >= 15 is 0 Å². The van der Waals surface area contributed by atoms with Crippen LogP contribution in [-0.2, 0) is 19.1 Å². The molecule has 7 heteroatoms. The molecule has 0 aromatic carbocycles. The van der Waals surface area contributed by atoms with Crippen molar-refractivity contribution in [3.63, 3.8) is 0 Å². The minimum absolute atomic E-state index is 0. The summed E-state index contributed by atoms with van der Waals surface area (Å²) in [6, 6.07) is -0.771. The smallest absolute Gasteiger partial charge is 0.302 e. The van der Waals surface area contributed by atoms with Crippen molar-refractivity contribution in [1.29, 1.82) is 0 Å². The fourth-order valence-electron chi connectivity index (χ4n) is 1.30. The molecule has 1 aliphatic rings. The van der Waals surface area contributed by atoms with Crippen LogP contribution in [0.5, 0.6) is 0 Å². The summed E-state index contributed by atoms with van der Waals surface area (Å²) in [5.74, 6) is -0.625. The summed E-state index contributed by atoms with van der Waals surface area (Å²) in [6.45, 7) is 3.38. The van der Waals surface area contributed by atoms with E-state index in [1.54, 1.807) is 4.90 Å². The molecule has 6 nitrogen and oxygen atoms in total. The third-order valence-electron chi connectivity index (χ3n) is 2.11. The zero-order chi connectivity index (χ0) is 11.3. The highest BCUT2D eigenvalue weighted by Crippen LogP contribution is 2.00. The lowest BCUT2D eigenvalue weighted by atomic mass is 10.2. The summed E-state index contributed by atoms with van der Waals surface area (Å²) in [5, 5.41) is 0. The number of ether oxygens (including phenoxy) is 2. The predicted molar refractivity (Wildman–Crippen MR) is 59.3 cm³/mol. The number of halogens is 1. The van der Waals surface area contributed by atoms with Crippen LogP contribution < -0.4 is 5.73 Å². The van der Waals surface area contributed by atoms with Gasteiger partial charge >= 0.3 is 5.97 Å². The zero-order valence-corrected chi connectivity index (χ0v) is 10.00. The van der Waals surface area contributed by atoms with Crippen molar-refractivity contribution < 1.29 is 19.1 Å². The fourth-order valence-corrected chi connectivity index (χ4v) is 1.30. The Kier molecular flexibility index (Phi) is 7.03. The van der Waals surface area contributed by atoms with Crippen molar-refractivity contribution in [2.24, 2.45) is 5.73 Å². The van der Waals surface area contributed by atoms with Crippen LogP contribution in [0.15, 0.2) is 0 Å². The number of hydrogen-bond acceptors (Lipinski definition) is 5. The summed E-state index contributed by atoms with van der Waals surface area (Å²) in [6.07, 6.45) is 0. The van der Waals surface area contributed by atoms with Crippen LogP contribution in [0.2, 0.25) is 0 Å². The molecule has 1 rings (SSSR count). The molecule has 1 amide bonds. The maximum Gasteiger partial charge on any atom is 0.302 e. The SMILES string of the molecule is CC(=O)OCC(N)C(=O)N1CCOCC1.Cl. The van der Waals surface area contributed by atoms with Crippen LogP contribution in [0.4, 0.5) is 0 Å². The zero-order valence-electron chi connectivity index (χ0n) is 9.18. The first-order chi connectivity index (χ1) is 7.11. The Bertz CT molecular complexity index is 244. The predicted octanol–water partition coefficient (Wildman–Crippen LogP) is -0.843. The van der Waals surface area contributed by atoms with E-state index in [9.17, 15) is 9.59 Å². The molecule has 1 heterocycles. The molecule has 94 valence electrons. The van der Waals surface area contributed by atoms with E-state index in [0.29, 0.717) is 26.3 Å². The van der Waals surface area contributed by atoms with Crippen molar-refractivity contribution >= 4 is 24.3 Å². The maximum atomic E-state index is 11.7. The second-order valence-corrected chi connectivity index (χ2v) is 3.35. The number of amides is 1. The molecule has 0 aromatic rings. The molecule has 1 aliphatic heterocycles. The Morgan fingerprint density at radius 3 is 2.50 bits per heavy atom. The average Bonchev–Trinajstić information content (AvgIpc) is 2.26. The highest BCUT2D eigenvalue weighted by Gasteiger charge is 2.23. The molecular weight excluding hydrogens is 236 g/mol. The van der Waals surface area contributed by atoms with Gasteiger partial charge in [0.25, 0.3) is 0 Å². The minimum atomic E-state index is -0.771. The molecule has 16 heavy (non-hydrogen) atoms. The lowest BCUT2D eigenvalue weighted by Gasteiger charge is -2.28. The van der Waals surface area contributed by atoms with E-state index in [2.05, 4.69) is 4.74 Å². The molecule has 1 saturated heterocycles. The van der Waals surface area contributed by atoms with Crippen molar-refractivity contribution in [2.75, 3.05) is 32.9 Å². The van der Waals surface area contributed by atoms with Crippen molar-refractivity contribution in [3.05, 3.63) is 0 Å². The number of nitrogens with two attached hydrogens (primary N) is 1. The second kappa shape index (κ2) is 7.43. The summed E-state index contributed by atoms with van der Waals surface area (Å²) in [4.78, 5) is 23.8. The van der Waals surface area contributed by atoms with Gasteiger partial charge in [-0.25, -0.2) is 0 Å². The van der Waals surface area contributed by atoms with E-state index in [-0.39, 0.29) is 24.9 Å². The van der Waals surface area contributed by atoms with Gasteiger partial charge < -0.3 is 20.1 Å². The Hall–Kier alpha value is -0.850. The first-order valence-corrected chi connectivity index (χ1v) is 4.86. The third-order valence-corrected chi connectivity index (χ3v) is 2.11. The summed E-state index contributed by atoms with van der Waals surface area (Å²) >= 11 is 0. The topological polar surface area (TPSA) is 81.9 Å². The summed E-state index contributed by atoms with van der Waals surface area (Å²) in [7, 11) is 0. The van der Waals surface area contributed by atoms with E-state index in [4.69, 9.17) is 10.5 Å². The molecule has 0 bridgehead atoms. The lowest BCUT2D eigenvalue weighted by molar-refractivity contribution is -0.145. The number of hydrogen-bond donors (Lipinski definition) is 1. The summed E-state index contributed by atoms with van der Waals surface area (Å²) in [5.41, 5.74) is 5.59. The normalized spacial score (nSPS) is 17.2. The van der Waals surface area contributed by atoms with Crippen molar-refractivity contribution in [3.8, 4) is 0 Å². The van der Waals surface area contributed by atoms with Gasteiger partial charge in [-0.1, -0.05) is 0 Å². The van der Waals surface area contributed by atoms with Crippen LogP contribution >= 0.6 is 12.4 Å². The van der Waals surface area contributed by atoms with E-state index in [0.717, 1.165) is 0 Å². The largest absolute Gasteiger partial charge is 0.464 e. The summed E-state index contributed by atoms with van der Waals surface area (Å²) < 4.78 is 9.78. The van der Waals surface area contributed by atoms with Gasteiger partial charge in [0.2, 0.25) is 5.91 Å². The van der Waals surface area contributed by atoms with Crippen LogP contribution in [0.3, 0.4) is 0 Å². The molecule has 1 fully saturated rings. The highest BCUT2D eigenvalue weighted by molar-refractivity contribution is 5.85. The van der Waals surface area contributed by atoms with Gasteiger partial charge in [0.15, 0.2) is 0 Å². The van der Waals surface area contributed by atoms with Crippen LogP contribution in [0, 0.1) is 0 Å². The highest BCUT2D eigenvalue weighted by atomic mass is 35.5. The number of nitrogens with zero attached hydrogens (tertiary/aromatic N) is 1. The van der Waals surface area contributed by atoms with Gasteiger partial charge in [-0.2, -0.15) is 0 Å². The van der Waals surface area contributed by atoms with Crippen LogP contribution in [0.25, 0.3) is 0 Å². The molecule has 0 saturated carbocycles. The van der Waals surface area contributed by atoms with Crippen LogP contribution in [-0.4, -0.2) is 55.7 Å². The van der Waals surface area contributed by atoms with Crippen LogP contribution in [0.1, 0.15) is 6.92 Å². The maximum absolute atomic E-state index is 11.7. The Balaban J connectivity index is 0.00000225. The Morgan fingerprint density at radius 2 is 2.00 bits per heavy atom. The average molecular weight is 253 g/mol. The molecule has 0 radical (unpaired) electrons. The standard InChI is InChI=1S/C9H16N2O4.ClH/c1-7(12)15-6-8(10)9(13)11-2-4-14-5-3-11;/h8H,2-6,10H2,1H3;1H. The monoisotopic (exact) mass is 252 g/mol. The molecule has 1 unspecified atom stereocenters. The van der Waals surface area contributed by atoms with E-state index in [1.807, 2.05) is 0 Å². The molecule has 0 aliphatic carbocycles. The van der Waals surface area contributed by atoms with Gasteiger partial charge in [-0.15, -0.1) is 12.4 Å². The first kappa shape index (κ1) is 15.2. The number of esters is 1. The quantitative estimate of drug-likeness (QED) is 0.662. The Labute approximate surface area is 100 Å². The van der Waals surface area contributed by atoms with Gasteiger partial charge in [0.1, 0.15) is 12.6 Å². The fraction of sp³-hybridized carbons (Fsp3) is 0.778. The lowest BCUT2D eigenvalue weighted by Crippen LogP contribution is -2.50.